The second kappa shape index (κ2) is 5.06. The van der Waals surface area contributed by atoms with Crippen LogP contribution in [0.4, 0.5) is 0 Å². The molecule has 2 aromatic rings. The fourth-order valence-electron chi connectivity index (χ4n) is 2.48. The Bertz CT molecular complexity index is 855. The van der Waals surface area contributed by atoms with Crippen molar-refractivity contribution in [2.24, 2.45) is 7.05 Å². The van der Waals surface area contributed by atoms with Gasteiger partial charge >= 0.3 is 0 Å². The molecule has 1 aliphatic heterocycles. The van der Waals surface area contributed by atoms with Crippen LogP contribution in [0.25, 0.3) is 11.3 Å². The molecule has 3 rings (SSSR count). The van der Waals surface area contributed by atoms with E-state index in [0.717, 1.165) is 5.56 Å². The van der Waals surface area contributed by atoms with E-state index in [1.54, 1.807) is 13.1 Å². The largest absolute Gasteiger partial charge is 0.294 e. The van der Waals surface area contributed by atoms with E-state index >= 15 is 0 Å². The zero-order chi connectivity index (χ0) is 15.9. The van der Waals surface area contributed by atoms with Gasteiger partial charge in [0.15, 0.2) is 15.1 Å². The number of nitrogens with one attached hydrogen (secondary N) is 1. The lowest BCUT2D eigenvalue weighted by atomic mass is 10.1. The Kier molecular flexibility index (Phi) is 3.32. The van der Waals surface area contributed by atoms with Gasteiger partial charge in [0.25, 0.3) is 5.91 Å². The van der Waals surface area contributed by atoms with Crippen LogP contribution in [0.5, 0.6) is 0 Å². The van der Waals surface area contributed by atoms with Gasteiger partial charge in [-0.1, -0.05) is 30.3 Å². The molecule has 1 saturated heterocycles. The molecule has 8 heteroatoms. The summed E-state index contributed by atoms with van der Waals surface area (Å²) in [6.07, 6.45) is 0. The molecule has 0 saturated carbocycles. The van der Waals surface area contributed by atoms with Gasteiger partial charge in [0.05, 0.1) is 11.4 Å². The van der Waals surface area contributed by atoms with Crippen LogP contribution in [-0.2, 0) is 26.5 Å². The molecule has 1 aromatic carbocycles. The van der Waals surface area contributed by atoms with Crippen molar-refractivity contribution in [3.8, 4) is 11.3 Å². The predicted octanol–water partition coefficient (Wildman–Crippen LogP) is 0.199. The van der Waals surface area contributed by atoms with E-state index in [9.17, 15) is 18.0 Å². The molecule has 114 valence electrons. The molecule has 0 aliphatic carbocycles. The van der Waals surface area contributed by atoms with E-state index in [1.165, 1.54) is 4.68 Å². The lowest BCUT2D eigenvalue weighted by molar-refractivity contribution is -0.129. The molecule has 1 unspecified atom stereocenters. The van der Waals surface area contributed by atoms with Crippen LogP contribution < -0.4 is 5.32 Å². The van der Waals surface area contributed by atoms with Gasteiger partial charge in [0, 0.05) is 7.05 Å². The number of nitrogens with zero attached hydrogens (tertiary/aromatic N) is 2. The summed E-state index contributed by atoms with van der Waals surface area (Å²) >= 11 is 0. The van der Waals surface area contributed by atoms with Crippen molar-refractivity contribution >= 4 is 21.7 Å². The van der Waals surface area contributed by atoms with Gasteiger partial charge in [0.2, 0.25) is 5.91 Å². The number of aromatic nitrogens is 2. The van der Waals surface area contributed by atoms with Gasteiger partial charge in [0.1, 0.15) is 5.75 Å². The second-order valence-corrected chi connectivity index (χ2v) is 7.13. The molecule has 1 aliphatic rings. The minimum absolute atomic E-state index is 0.117. The highest BCUT2D eigenvalue weighted by molar-refractivity contribution is 7.93. The number of amides is 2. The SMILES string of the molecule is Cn1nc(C2C(=O)NC(=O)CS2(=O)=O)cc1-c1ccccc1. The number of benzene rings is 1. The Morgan fingerprint density at radius 2 is 1.91 bits per heavy atom. The molecule has 1 atom stereocenters. The zero-order valence-corrected chi connectivity index (χ0v) is 12.5. The quantitative estimate of drug-likeness (QED) is 0.797. The smallest absolute Gasteiger partial charge is 0.251 e. The molecule has 0 spiro atoms. The third-order valence-electron chi connectivity index (χ3n) is 3.43. The van der Waals surface area contributed by atoms with E-state index in [4.69, 9.17) is 0 Å². The summed E-state index contributed by atoms with van der Waals surface area (Å²) in [6.45, 7) is 0. The van der Waals surface area contributed by atoms with Gasteiger partial charge in [-0.15, -0.1) is 0 Å². The number of rotatable bonds is 2. The van der Waals surface area contributed by atoms with E-state index in [2.05, 4.69) is 5.10 Å². The topological polar surface area (TPSA) is 98.1 Å². The molecule has 0 radical (unpaired) electrons. The molecule has 1 fully saturated rings. The first-order valence-electron chi connectivity index (χ1n) is 6.53. The first-order chi connectivity index (χ1) is 10.4. The second-order valence-electron chi connectivity index (χ2n) is 5.04. The molecular weight excluding hydrogens is 306 g/mol. The minimum Gasteiger partial charge on any atom is -0.294 e. The average Bonchev–Trinajstić information content (AvgIpc) is 2.79. The highest BCUT2D eigenvalue weighted by Gasteiger charge is 2.42. The predicted molar refractivity (Wildman–Crippen MR) is 78.3 cm³/mol. The molecule has 1 aromatic heterocycles. The van der Waals surface area contributed by atoms with Gasteiger partial charge in [-0.2, -0.15) is 5.10 Å². The van der Waals surface area contributed by atoms with Crippen molar-refractivity contribution in [1.82, 2.24) is 15.1 Å². The number of aryl methyl sites for hydroxylation is 1. The summed E-state index contributed by atoms with van der Waals surface area (Å²) in [7, 11) is -2.23. The van der Waals surface area contributed by atoms with Gasteiger partial charge < -0.3 is 0 Å². The van der Waals surface area contributed by atoms with Crippen LogP contribution in [0.15, 0.2) is 36.4 Å². The van der Waals surface area contributed by atoms with E-state index < -0.39 is 32.7 Å². The van der Waals surface area contributed by atoms with Gasteiger partial charge in [-0.3, -0.25) is 19.6 Å². The number of hydrogen-bond donors (Lipinski definition) is 1. The monoisotopic (exact) mass is 319 g/mol. The van der Waals surface area contributed by atoms with Crippen LogP contribution in [0.2, 0.25) is 0 Å². The van der Waals surface area contributed by atoms with E-state index in [1.807, 2.05) is 35.6 Å². The Hall–Kier alpha value is -2.48. The minimum atomic E-state index is -3.90. The van der Waals surface area contributed by atoms with Crippen LogP contribution in [-0.4, -0.2) is 35.8 Å². The van der Waals surface area contributed by atoms with Crippen LogP contribution in [0, 0.1) is 0 Å². The van der Waals surface area contributed by atoms with Crippen molar-refractivity contribution in [3.05, 3.63) is 42.1 Å². The lowest BCUT2D eigenvalue weighted by Gasteiger charge is -2.19. The summed E-state index contributed by atoms with van der Waals surface area (Å²) in [4.78, 5) is 23.1. The summed E-state index contributed by atoms with van der Waals surface area (Å²) in [5.41, 5.74) is 1.66. The molecule has 7 nitrogen and oxygen atoms in total. The summed E-state index contributed by atoms with van der Waals surface area (Å²) in [5.74, 6) is -2.37. The van der Waals surface area contributed by atoms with Crippen molar-refractivity contribution in [3.63, 3.8) is 0 Å². The van der Waals surface area contributed by atoms with Crippen LogP contribution in [0.3, 0.4) is 0 Å². The fourth-order valence-corrected chi connectivity index (χ4v) is 3.96. The van der Waals surface area contributed by atoms with Crippen LogP contribution >= 0.6 is 0 Å². The van der Waals surface area contributed by atoms with E-state index in [-0.39, 0.29) is 5.69 Å². The number of imide groups is 1. The van der Waals surface area contributed by atoms with Crippen molar-refractivity contribution in [2.45, 2.75) is 5.25 Å². The van der Waals surface area contributed by atoms with Crippen molar-refractivity contribution in [2.75, 3.05) is 5.75 Å². The number of hydrogen-bond acceptors (Lipinski definition) is 5. The number of sulfone groups is 1. The maximum Gasteiger partial charge on any atom is 0.251 e. The number of carbonyl (C=O) groups is 2. The lowest BCUT2D eigenvalue weighted by Crippen LogP contribution is -2.47. The normalized spacial score (nSPS) is 20.7. The molecule has 22 heavy (non-hydrogen) atoms. The Morgan fingerprint density at radius 1 is 1.23 bits per heavy atom. The molecular formula is C14H13N3O4S. The highest BCUT2D eigenvalue weighted by atomic mass is 32.2. The van der Waals surface area contributed by atoms with Gasteiger partial charge in [-0.25, -0.2) is 8.42 Å². The van der Waals surface area contributed by atoms with Crippen molar-refractivity contribution < 1.29 is 18.0 Å². The molecule has 0 bridgehead atoms. The summed E-state index contributed by atoms with van der Waals surface area (Å²) in [6, 6.07) is 10.9. The first kappa shape index (κ1) is 14.5. The molecule has 2 heterocycles. The standard InChI is InChI=1S/C14H13N3O4S/c1-17-11(9-5-3-2-4-6-9)7-10(16-17)13-14(19)15-12(18)8-22(13,20)21/h2-7,13H,8H2,1H3,(H,15,18,19). The van der Waals surface area contributed by atoms with Crippen molar-refractivity contribution in [1.29, 1.82) is 0 Å². The number of carbonyl (C=O) groups excluding carboxylic acids is 2. The van der Waals surface area contributed by atoms with E-state index in [0.29, 0.717) is 5.69 Å². The third kappa shape index (κ3) is 2.41. The fraction of sp³-hybridized carbons (Fsp3) is 0.214. The Morgan fingerprint density at radius 3 is 2.55 bits per heavy atom. The highest BCUT2D eigenvalue weighted by Crippen LogP contribution is 2.29. The van der Waals surface area contributed by atoms with Crippen LogP contribution in [0.1, 0.15) is 10.9 Å². The Balaban J connectivity index is 2.07. The molecule has 1 N–H and O–H groups in total. The van der Waals surface area contributed by atoms with Gasteiger partial charge in [-0.05, 0) is 11.6 Å². The maximum absolute atomic E-state index is 12.1. The zero-order valence-electron chi connectivity index (χ0n) is 11.7. The molecule has 2 amide bonds. The maximum atomic E-state index is 12.1. The third-order valence-corrected chi connectivity index (χ3v) is 5.27. The Labute approximate surface area is 126 Å². The first-order valence-corrected chi connectivity index (χ1v) is 8.24. The average molecular weight is 319 g/mol. The summed E-state index contributed by atoms with van der Waals surface area (Å²) < 4.78 is 25.8. The summed E-state index contributed by atoms with van der Waals surface area (Å²) in [5, 5.41) is 4.74.